The first-order valence-electron chi connectivity index (χ1n) is 12.1. The van der Waals surface area contributed by atoms with Crippen LogP contribution in [0.15, 0.2) is 60.7 Å². The van der Waals surface area contributed by atoms with E-state index in [2.05, 4.69) is 27.1 Å². The third kappa shape index (κ3) is 4.94. The normalized spacial score (nSPS) is 23.9. The molecule has 9 nitrogen and oxygen atoms in total. The minimum absolute atomic E-state index is 0.00987. The molecule has 2 aromatic heterocycles. The predicted octanol–water partition coefficient (Wildman–Crippen LogP) is 3.23. The van der Waals surface area contributed by atoms with Gasteiger partial charge in [-0.25, -0.2) is 4.98 Å². The quantitative estimate of drug-likeness (QED) is 0.322. The zero-order chi connectivity index (χ0) is 25.4. The summed E-state index contributed by atoms with van der Waals surface area (Å²) >= 11 is 6.59. The van der Waals surface area contributed by atoms with Gasteiger partial charge in [0.15, 0.2) is 11.8 Å². The van der Waals surface area contributed by atoms with Crippen molar-refractivity contribution in [1.29, 1.82) is 0 Å². The number of aromatic nitrogens is 3. The molecular weight excluding hydrogens is 498 g/mol. The summed E-state index contributed by atoms with van der Waals surface area (Å²) in [6.07, 6.45) is -2.32. The van der Waals surface area contributed by atoms with Gasteiger partial charge in [0.25, 0.3) is 6.01 Å². The first-order chi connectivity index (χ1) is 18.1. The largest absolute Gasteiger partial charge is 0.456 e. The van der Waals surface area contributed by atoms with Crippen LogP contribution < -0.4 is 4.74 Å². The number of H-pyrrole nitrogens is 1. The van der Waals surface area contributed by atoms with E-state index < -0.39 is 6.10 Å². The second kappa shape index (κ2) is 10.4. The number of hydrogen-bond donors (Lipinski definition) is 3. The van der Waals surface area contributed by atoms with Crippen molar-refractivity contribution in [2.45, 2.75) is 30.5 Å². The summed E-state index contributed by atoms with van der Waals surface area (Å²) in [5.74, 6) is 0. The van der Waals surface area contributed by atoms with Gasteiger partial charge in [0, 0.05) is 5.56 Å². The Bertz CT molecular complexity index is 1370. The molecule has 2 aliphatic rings. The van der Waals surface area contributed by atoms with Crippen LogP contribution in [0.2, 0.25) is 5.02 Å². The number of pyridine rings is 1. The smallest absolute Gasteiger partial charge is 0.296 e. The zero-order valence-corrected chi connectivity index (χ0v) is 20.5. The fourth-order valence-corrected chi connectivity index (χ4v) is 4.97. The predicted molar refractivity (Wildman–Crippen MR) is 136 cm³/mol. The molecule has 10 heteroatoms. The van der Waals surface area contributed by atoms with E-state index in [9.17, 15) is 5.11 Å². The molecule has 192 valence electrons. The number of aromatic amines is 1. The maximum Gasteiger partial charge on any atom is 0.296 e. The highest BCUT2D eigenvalue weighted by Gasteiger charge is 2.50. The number of nitrogens with one attached hydrogen (secondary N) is 1. The molecule has 4 heterocycles. The number of benzene rings is 2. The van der Waals surface area contributed by atoms with Crippen LogP contribution in [-0.2, 0) is 14.2 Å². The van der Waals surface area contributed by atoms with Crippen molar-refractivity contribution in [3.63, 3.8) is 0 Å². The Hall–Kier alpha value is -3.05. The average molecular weight is 524 g/mol. The molecule has 2 unspecified atom stereocenters. The highest BCUT2D eigenvalue weighted by atomic mass is 35.5. The number of imidazole rings is 1. The number of nitrogens with zero attached hydrogens (tertiary/aromatic N) is 2. The SMILES string of the molecule is OCC(O)CO[C@@H]1CO[C@H]2C1OC[C@H]2Oc1nc2nc(-c3ccc(-c4ccccc4)cc3)c(Cl)cc2[nH]1. The second-order valence-corrected chi connectivity index (χ2v) is 9.54. The lowest BCUT2D eigenvalue weighted by molar-refractivity contribution is -0.0706. The molecule has 0 spiro atoms. The Morgan fingerprint density at radius 3 is 2.38 bits per heavy atom. The first kappa shape index (κ1) is 24.3. The first-order valence-corrected chi connectivity index (χ1v) is 12.5. The summed E-state index contributed by atoms with van der Waals surface area (Å²) in [7, 11) is 0. The lowest BCUT2D eigenvalue weighted by atomic mass is 10.0. The van der Waals surface area contributed by atoms with Crippen LogP contribution in [0.25, 0.3) is 33.5 Å². The maximum atomic E-state index is 9.54. The summed E-state index contributed by atoms with van der Waals surface area (Å²) < 4.78 is 23.4. The van der Waals surface area contributed by atoms with E-state index in [-0.39, 0.29) is 37.6 Å². The second-order valence-electron chi connectivity index (χ2n) is 9.14. The fraction of sp³-hybridized carbons (Fsp3) is 0.333. The van der Waals surface area contributed by atoms with Crippen LogP contribution in [-0.4, -0.2) is 82.1 Å². The molecule has 37 heavy (non-hydrogen) atoms. The average Bonchev–Trinajstić information content (AvgIpc) is 3.63. The molecule has 0 bridgehead atoms. The summed E-state index contributed by atoms with van der Waals surface area (Å²) in [4.78, 5) is 12.3. The summed E-state index contributed by atoms with van der Waals surface area (Å²) in [6.45, 7) is 0.272. The van der Waals surface area contributed by atoms with Crippen LogP contribution >= 0.6 is 11.6 Å². The molecule has 0 radical (unpaired) electrons. The third-order valence-corrected chi connectivity index (χ3v) is 6.90. The number of aliphatic hydroxyl groups excluding tert-OH is 2. The molecule has 0 amide bonds. The Kier molecular flexibility index (Phi) is 6.81. The number of ether oxygens (including phenoxy) is 4. The van der Waals surface area contributed by atoms with E-state index in [1.807, 2.05) is 42.5 Å². The molecule has 2 fully saturated rings. The van der Waals surface area contributed by atoms with E-state index in [0.29, 0.717) is 41.1 Å². The number of aliphatic hydroxyl groups is 2. The molecule has 5 atom stereocenters. The molecule has 3 N–H and O–H groups in total. The topological polar surface area (TPSA) is 119 Å². The van der Waals surface area contributed by atoms with Crippen LogP contribution in [0.1, 0.15) is 0 Å². The Morgan fingerprint density at radius 2 is 1.62 bits per heavy atom. The van der Waals surface area contributed by atoms with E-state index in [4.69, 9.17) is 35.7 Å². The van der Waals surface area contributed by atoms with Crippen LogP contribution in [0.3, 0.4) is 0 Å². The Balaban J connectivity index is 1.16. The summed E-state index contributed by atoms with van der Waals surface area (Å²) in [5, 5.41) is 19.0. The van der Waals surface area contributed by atoms with E-state index in [1.54, 1.807) is 6.07 Å². The monoisotopic (exact) mass is 523 g/mol. The van der Waals surface area contributed by atoms with Gasteiger partial charge in [0.05, 0.1) is 42.7 Å². The van der Waals surface area contributed by atoms with Gasteiger partial charge >= 0.3 is 0 Å². The Labute approximate surface area is 217 Å². The number of rotatable bonds is 8. The molecule has 6 rings (SSSR count). The summed E-state index contributed by atoms with van der Waals surface area (Å²) in [5.41, 5.74) is 4.93. The third-order valence-electron chi connectivity index (χ3n) is 6.61. The van der Waals surface area contributed by atoms with Gasteiger partial charge in [-0.3, -0.25) is 0 Å². The molecule has 4 aromatic rings. The van der Waals surface area contributed by atoms with Crippen molar-refractivity contribution in [2.24, 2.45) is 0 Å². The van der Waals surface area contributed by atoms with Gasteiger partial charge in [0.2, 0.25) is 0 Å². The highest BCUT2D eigenvalue weighted by molar-refractivity contribution is 6.33. The van der Waals surface area contributed by atoms with E-state index in [0.717, 1.165) is 16.7 Å². The Morgan fingerprint density at radius 1 is 0.946 bits per heavy atom. The van der Waals surface area contributed by atoms with Crippen molar-refractivity contribution in [1.82, 2.24) is 15.0 Å². The van der Waals surface area contributed by atoms with Gasteiger partial charge in [-0.2, -0.15) is 4.98 Å². The van der Waals surface area contributed by atoms with Crippen molar-refractivity contribution in [2.75, 3.05) is 26.4 Å². The van der Waals surface area contributed by atoms with Crippen LogP contribution in [0, 0.1) is 0 Å². The number of fused-ring (bicyclic) bond motifs is 2. The number of hydrogen-bond acceptors (Lipinski definition) is 8. The van der Waals surface area contributed by atoms with Gasteiger partial charge in [0.1, 0.15) is 24.4 Å². The molecule has 2 aromatic carbocycles. The maximum absolute atomic E-state index is 9.54. The highest BCUT2D eigenvalue weighted by Crippen LogP contribution is 2.33. The molecule has 0 saturated carbocycles. The van der Waals surface area contributed by atoms with Gasteiger partial charge in [-0.1, -0.05) is 66.2 Å². The lowest BCUT2D eigenvalue weighted by Crippen LogP contribution is -2.36. The molecule has 0 aliphatic carbocycles. The van der Waals surface area contributed by atoms with Gasteiger partial charge in [-0.05, 0) is 17.2 Å². The van der Waals surface area contributed by atoms with Crippen molar-refractivity contribution in [3.8, 4) is 28.4 Å². The van der Waals surface area contributed by atoms with Crippen molar-refractivity contribution >= 4 is 22.8 Å². The van der Waals surface area contributed by atoms with E-state index >= 15 is 0 Å². The standard InChI is InChI=1S/C27H26ClN3O6/c28-19-10-20-26(30-23(19)17-8-6-16(7-9-17)15-4-2-1-3-5-15)31-27(29-20)37-22-14-36-24-21(13-35-25(22)24)34-12-18(33)11-32/h1-10,18,21-22,24-25,32-33H,11-14H2,(H,29,30,31)/t18?,21-,22-,24?,25-/m1/s1. The molecular formula is C27H26ClN3O6. The summed E-state index contributed by atoms with van der Waals surface area (Å²) in [6, 6.07) is 20.3. The van der Waals surface area contributed by atoms with Gasteiger partial charge < -0.3 is 34.1 Å². The minimum atomic E-state index is -0.936. The molecule has 2 aliphatic heterocycles. The van der Waals surface area contributed by atoms with Crippen molar-refractivity contribution in [3.05, 3.63) is 65.7 Å². The van der Waals surface area contributed by atoms with Crippen molar-refractivity contribution < 1.29 is 29.2 Å². The van der Waals surface area contributed by atoms with Crippen LogP contribution in [0.5, 0.6) is 6.01 Å². The minimum Gasteiger partial charge on any atom is -0.456 e. The van der Waals surface area contributed by atoms with E-state index in [1.165, 1.54) is 0 Å². The fourth-order valence-electron chi connectivity index (χ4n) is 4.71. The zero-order valence-electron chi connectivity index (χ0n) is 19.8. The molecule has 2 saturated heterocycles. The number of halogens is 1. The van der Waals surface area contributed by atoms with Crippen LogP contribution in [0.4, 0.5) is 0 Å². The van der Waals surface area contributed by atoms with Gasteiger partial charge in [-0.15, -0.1) is 0 Å². The lowest BCUT2D eigenvalue weighted by Gasteiger charge is -2.18.